The monoisotopic (exact) mass is 337 g/mol. The third-order valence-electron chi connectivity index (χ3n) is 4.54. The molecule has 1 saturated carbocycles. The van der Waals surface area contributed by atoms with Crippen LogP contribution in [0.3, 0.4) is 0 Å². The first-order valence-corrected chi connectivity index (χ1v) is 8.34. The van der Waals surface area contributed by atoms with Gasteiger partial charge in [0.1, 0.15) is 12.4 Å². The average molecular weight is 337 g/mol. The maximum absolute atomic E-state index is 12.9. The third kappa shape index (κ3) is 5.30. The van der Waals surface area contributed by atoms with Crippen LogP contribution in [0.4, 0.5) is 4.39 Å². The molecule has 2 rings (SSSR count). The van der Waals surface area contributed by atoms with E-state index in [1.165, 1.54) is 30.7 Å². The molecule has 0 radical (unpaired) electrons. The summed E-state index contributed by atoms with van der Waals surface area (Å²) in [5, 5.41) is 11.9. The number of hydrogen-bond acceptors (Lipinski definition) is 3. The Morgan fingerprint density at radius 3 is 2.58 bits per heavy atom. The molecule has 2 N–H and O–H groups in total. The van der Waals surface area contributed by atoms with E-state index in [2.05, 4.69) is 12.2 Å². The Labute approximate surface area is 141 Å². The molecular formula is C18H24FNO4. The van der Waals surface area contributed by atoms with E-state index in [-0.39, 0.29) is 25.2 Å². The van der Waals surface area contributed by atoms with Crippen LogP contribution in [0.2, 0.25) is 0 Å². The molecule has 1 aromatic rings. The Balaban J connectivity index is 1.82. The van der Waals surface area contributed by atoms with E-state index in [1.54, 1.807) is 0 Å². The van der Waals surface area contributed by atoms with E-state index >= 15 is 0 Å². The smallest absolute Gasteiger partial charge is 0.312 e. The number of carboxylic acids is 1. The van der Waals surface area contributed by atoms with Crippen LogP contribution in [0, 0.1) is 11.7 Å². The second-order valence-electron chi connectivity index (χ2n) is 6.36. The van der Waals surface area contributed by atoms with Crippen molar-refractivity contribution in [1.29, 1.82) is 0 Å². The number of amides is 1. The second-order valence-corrected chi connectivity index (χ2v) is 6.36. The predicted octanol–water partition coefficient (Wildman–Crippen LogP) is 2.71. The largest absolute Gasteiger partial charge is 0.481 e. The molecule has 132 valence electrons. The van der Waals surface area contributed by atoms with Gasteiger partial charge in [0.2, 0.25) is 5.91 Å². The maximum atomic E-state index is 12.9. The lowest BCUT2D eigenvalue weighted by Gasteiger charge is -2.28. The third-order valence-corrected chi connectivity index (χ3v) is 4.54. The lowest BCUT2D eigenvalue weighted by molar-refractivity contribution is -0.139. The summed E-state index contributed by atoms with van der Waals surface area (Å²) in [7, 11) is 0. The highest BCUT2D eigenvalue weighted by atomic mass is 19.1. The standard InChI is InChI=1S/C18H24FNO4/c1-12-4-2-3-5-16(12)24-11-17(21)20-10-15(18(22)23)13-6-8-14(19)9-7-13/h6-9,12,15-16H,2-5,10-11H2,1H3,(H,20,21)(H,22,23). The van der Waals surface area contributed by atoms with Crippen molar-refractivity contribution in [3.05, 3.63) is 35.6 Å². The molecule has 1 aromatic carbocycles. The first kappa shape index (κ1) is 18.4. The molecule has 3 atom stereocenters. The summed E-state index contributed by atoms with van der Waals surface area (Å²) in [5.41, 5.74) is 0.450. The fourth-order valence-electron chi connectivity index (χ4n) is 3.02. The number of carbonyl (C=O) groups excluding carboxylic acids is 1. The van der Waals surface area contributed by atoms with Gasteiger partial charge in [-0.15, -0.1) is 0 Å². The van der Waals surface area contributed by atoms with E-state index in [9.17, 15) is 19.1 Å². The molecule has 0 aromatic heterocycles. The van der Waals surface area contributed by atoms with Gasteiger partial charge in [-0.05, 0) is 36.5 Å². The van der Waals surface area contributed by atoms with Gasteiger partial charge in [0, 0.05) is 6.54 Å². The van der Waals surface area contributed by atoms with Crippen LogP contribution < -0.4 is 5.32 Å². The van der Waals surface area contributed by atoms with Crippen LogP contribution >= 0.6 is 0 Å². The summed E-state index contributed by atoms with van der Waals surface area (Å²) in [6, 6.07) is 5.25. The van der Waals surface area contributed by atoms with Crippen molar-refractivity contribution >= 4 is 11.9 Å². The van der Waals surface area contributed by atoms with Gasteiger partial charge in [0.15, 0.2) is 0 Å². The number of nitrogens with one attached hydrogen (secondary N) is 1. The quantitative estimate of drug-likeness (QED) is 0.802. The zero-order chi connectivity index (χ0) is 17.5. The molecule has 6 heteroatoms. The number of carbonyl (C=O) groups is 2. The van der Waals surface area contributed by atoms with Crippen LogP contribution in [-0.4, -0.2) is 36.2 Å². The van der Waals surface area contributed by atoms with Crippen LogP contribution in [0.5, 0.6) is 0 Å². The van der Waals surface area contributed by atoms with Crippen LogP contribution in [-0.2, 0) is 14.3 Å². The summed E-state index contributed by atoms with van der Waals surface area (Å²) < 4.78 is 18.6. The highest BCUT2D eigenvalue weighted by molar-refractivity contribution is 5.80. The summed E-state index contributed by atoms with van der Waals surface area (Å²) in [6.07, 6.45) is 4.48. The molecule has 3 unspecified atom stereocenters. The van der Waals surface area contributed by atoms with Gasteiger partial charge in [0.05, 0.1) is 12.0 Å². The molecule has 0 heterocycles. The number of rotatable bonds is 7. The highest BCUT2D eigenvalue weighted by Gasteiger charge is 2.24. The first-order valence-electron chi connectivity index (χ1n) is 8.34. The number of carboxylic acid groups (broad SMARTS) is 1. The lowest BCUT2D eigenvalue weighted by atomic mass is 9.88. The maximum Gasteiger partial charge on any atom is 0.312 e. The summed E-state index contributed by atoms with van der Waals surface area (Å²) >= 11 is 0. The highest BCUT2D eigenvalue weighted by Crippen LogP contribution is 2.26. The molecule has 1 amide bonds. The normalized spacial score (nSPS) is 21.9. The van der Waals surface area contributed by atoms with Gasteiger partial charge in [-0.25, -0.2) is 4.39 Å². The Hall–Kier alpha value is -1.95. The van der Waals surface area contributed by atoms with Crippen molar-refractivity contribution in [2.45, 2.75) is 44.6 Å². The second kappa shape index (κ2) is 8.78. The molecule has 24 heavy (non-hydrogen) atoms. The van der Waals surface area contributed by atoms with Gasteiger partial charge in [-0.1, -0.05) is 31.9 Å². The molecule has 5 nitrogen and oxygen atoms in total. The van der Waals surface area contributed by atoms with Crippen LogP contribution in [0.15, 0.2) is 24.3 Å². The van der Waals surface area contributed by atoms with Gasteiger partial charge in [0.25, 0.3) is 0 Å². The molecular weight excluding hydrogens is 313 g/mol. The van der Waals surface area contributed by atoms with E-state index < -0.39 is 17.7 Å². The molecule has 0 bridgehead atoms. The summed E-state index contributed by atoms with van der Waals surface area (Å²) in [6.45, 7) is 2.00. The van der Waals surface area contributed by atoms with Gasteiger partial charge in [-0.2, -0.15) is 0 Å². The van der Waals surface area contributed by atoms with Crippen LogP contribution in [0.1, 0.15) is 44.1 Å². The number of hydrogen-bond donors (Lipinski definition) is 2. The van der Waals surface area contributed by atoms with Crippen molar-refractivity contribution in [1.82, 2.24) is 5.32 Å². The minimum absolute atomic E-state index is 0.0522. The van der Waals surface area contributed by atoms with Crippen molar-refractivity contribution in [2.24, 2.45) is 5.92 Å². The van der Waals surface area contributed by atoms with Gasteiger partial charge < -0.3 is 15.2 Å². The van der Waals surface area contributed by atoms with Crippen LogP contribution in [0.25, 0.3) is 0 Å². The first-order chi connectivity index (χ1) is 11.5. The number of benzene rings is 1. The van der Waals surface area contributed by atoms with E-state index in [0.29, 0.717) is 11.5 Å². The Morgan fingerprint density at radius 1 is 1.29 bits per heavy atom. The van der Waals surface area contributed by atoms with Crippen molar-refractivity contribution in [3.8, 4) is 0 Å². The number of halogens is 1. The zero-order valence-electron chi connectivity index (χ0n) is 13.8. The zero-order valence-corrected chi connectivity index (χ0v) is 13.8. The molecule has 1 aliphatic carbocycles. The Morgan fingerprint density at radius 2 is 1.96 bits per heavy atom. The minimum atomic E-state index is -1.07. The van der Waals surface area contributed by atoms with Crippen molar-refractivity contribution < 1.29 is 23.8 Å². The van der Waals surface area contributed by atoms with E-state index in [1.807, 2.05) is 0 Å². The summed E-state index contributed by atoms with van der Waals surface area (Å²) in [4.78, 5) is 23.3. The van der Waals surface area contributed by atoms with Gasteiger partial charge >= 0.3 is 5.97 Å². The molecule has 1 fully saturated rings. The fraction of sp³-hybridized carbons (Fsp3) is 0.556. The molecule has 0 spiro atoms. The topological polar surface area (TPSA) is 75.6 Å². The number of aliphatic carboxylic acids is 1. The van der Waals surface area contributed by atoms with Gasteiger partial charge in [-0.3, -0.25) is 9.59 Å². The molecule has 0 saturated heterocycles. The van der Waals surface area contributed by atoms with E-state index in [4.69, 9.17) is 4.74 Å². The SMILES string of the molecule is CC1CCCCC1OCC(=O)NCC(C(=O)O)c1ccc(F)cc1. The number of ether oxygens (including phenoxy) is 1. The average Bonchev–Trinajstić information content (AvgIpc) is 2.55. The Kier molecular flexibility index (Phi) is 6.73. The minimum Gasteiger partial charge on any atom is -0.481 e. The molecule has 1 aliphatic rings. The Bertz CT molecular complexity index is 561. The molecule has 0 aliphatic heterocycles. The predicted molar refractivity (Wildman–Crippen MR) is 87.2 cm³/mol. The fourth-order valence-corrected chi connectivity index (χ4v) is 3.02. The lowest BCUT2D eigenvalue weighted by Crippen LogP contribution is -2.36. The summed E-state index contributed by atoms with van der Waals surface area (Å²) in [5.74, 6) is -2.30. The van der Waals surface area contributed by atoms with E-state index in [0.717, 1.165) is 19.3 Å². The van der Waals surface area contributed by atoms with Crippen molar-refractivity contribution in [2.75, 3.05) is 13.2 Å². The van der Waals surface area contributed by atoms with Crippen molar-refractivity contribution in [3.63, 3.8) is 0 Å².